The number of amides is 2. The third-order valence-electron chi connectivity index (χ3n) is 6.61. The number of hydrogen-bond donors (Lipinski definition) is 3. The molecule has 10 nitrogen and oxygen atoms in total. The van der Waals surface area contributed by atoms with E-state index in [1.165, 1.54) is 10.5 Å². The molecule has 0 spiro atoms. The first kappa shape index (κ1) is 26.9. The SMILES string of the molecule is O=C(NC1CCN(S(=O)(=O)CCC2CCOCC2)CC1)c1[nH]ncc1NC(=O)c1c(Cl)cccc1Cl. The monoisotopic (exact) mass is 557 g/mol. The molecule has 2 saturated heterocycles. The van der Waals surface area contributed by atoms with Crippen LogP contribution in [0.5, 0.6) is 0 Å². The Morgan fingerprint density at radius 2 is 1.75 bits per heavy atom. The zero-order valence-corrected chi connectivity index (χ0v) is 22.0. The molecule has 1 aromatic carbocycles. The van der Waals surface area contributed by atoms with Crippen LogP contribution in [0.15, 0.2) is 24.4 Å². The van der Waals surface area contributed by atoms with Crippen LogP contribution in [-0.2, 0) is 14.8 Å². The van der Waals surface area contributed by atoms with Crippen molar-refractivity contribution in [1.29, 1.82) is 0 Å². The number of halogens is 2. The Labute approximate surface area is 220 Å². The number of nitrogens with one attached hydrogen (secondary N) is 3. The van der Waals surface area contributed by atoms with Crippen molar-refractivity contribution < 1.29 is 22.7 Å². The van der Waals surface area contributed by atoms with Gasteiger partial charge < -0.3 is 15.4 Å². The second-order valence-corrected chi connectivity index (χ2v) is 11.9. The van der Waals surface area contributed by atoms with Crippen LogP contribution in [0.2, 0.25) is 10.0 Å². The average Bonchev–Trinajstić information content (AvgIpc) is 3.32. The lowest BCUT2D eigenvalue weighted by atomic mass is 9.98. The van der Waals surface area contributed by atoms with Crippen LogP contribution >= 0.6 is 23.2 Å². The van der Waals surface area contributed by atoms with Gasteiger partial charge >= 0.3 is 0 Å². The van der Waals surface area contributed by atoms with Crippen molar-refractivity contribution in [2.75, 3.05) is 37.4 Å². The fraction of sp³-hybridized carbons (Fsp3) is 0.522. The summed E-state index contributed by atoms with van der Waals surface area (Å²) in [6, 6.07) is 4.51. The topological polar surface area (TPSA) is 133 Å². The molecule has 196 valence electrons. The van der Waals surface area contributed by atoms with Gasteiger partial charge in [-0.15, -0.1) is 0 Å². The fourth-order valence-corrected chi connectivity index (χ4v) is 6.69. The Morgan fingerprint density at radius 3 is 2.42 bits per heavy atom. The van der Waals surface area contributed by atoms with E-state index in [0.29, 0.717) is 51.5 Å². The van der Waals surface area contributed by atoms with Gasteiger partial charge in [0.15, 0.2) is 0 Å². The molecule has 0 saturated carbocycles. The smallest absolute Gasteiger partial charge is 0.271 e. The maximum atomic E-state index is 12.9. The van der Waals surface area contributed by atoms with E-state index >= 15 is 0 Å². The van der Waals surface area contributed by atoms with Gasteiger partial charge in [0.1, 0.15) is 5.69 Å². The molecule has 2 aliphatic heterocycles. The summed E-state index contributed by atoms with van der Waals surface area (Å²) in [5.74, 6) is -0.487. The van der Waals surface area contributed by atoms with Gasteiger partial charge in [0.05, 0.1) is 33.2 Å². The number of piperidine rings is 1. The summed E-state index contributed by atoms with van der Waals surface area (Å²) in [5, 5.41) is 12.4. The highest BCUT2D eigenvalue weighted by atomic mass is 35.5. The number of ether oxygens (including phenoxy) is 1. The van der Waals surface area contributed by atoms with E-state index in [2.05, 4.69) is 20.8 Å². The largest absolute Gasteiger partial charge is 0.381 e. The molecule has 0 atom stereocenters. The van der Waals surface area contributed by atoms with Crippen LogP contribution in [0.1, 0.15) is 53.0 Å². The Kier molecular flexibility index (Phi) is 8.89. The lowest BCUT2D eigenvalue weighted by Crippen LogP contribution is -2.47. The molecule has 3 heterocycles. The number of sulfonamides is 1. The summed E-state index contributed by atoms with van der Waals surface area (Å²) < 4.78 is 32.4. The van der Waals surface area contributed by atoms with Gasteiger partial charge in [0.25, 0.3) is 11.8 Å². The summed E-state index contributed by atoms with van der Waals surface area (Å²) in [6.07, 6.45) is 4.78. The molecule has 3 N–H and O–H groups in total. The Bertz CT molecular complexity index is 1170. The van der Waals surface area contributed by atoms with Crippen molar-refractivity contribution in [3.8, 4) is 0 Å². The first-order chi connectivity index (χ1) is 17.2. The minimum Gasteiger partial charge on any atom is -0.381 e. The lowest BCUT2D eigenvalue weighted by Gasteiger charge is -2.32. The van der Waals surface area contributed by atoms with E-state index < -0.39 is 21.8 Å². The maximum absolute atomic E-state index is 12.9. The number of carbonyl (C=O) groups is 2. The number of aromatic nitrogens is 2. The summed E-state index contributed by atoms with van der Waals surface area (Å²) >= 11 is 12.2. The van der Waals surface area contributed by atoms with E-state index in [9.17, 15) is 18.0 Å². The number of H-pyrrole nitrogens is 1. The van der Waals surface area contributed by atoms with Gasteiger partial charge in [-0.05, 0) is 50.2 Å². The third-order valence-corrected chi connectivity index (χ3v) is 9.15. The summed E-state index contributed by atoms with van der Waals surface area (Å²) in [4.78, 5) is 25.6. The van der Waals surface area contributed by atoms with Crippen LogP contribution in [0.25, 0.3) is 0 Å². The molecule has 2 aromatic rings. The quantitative estimate of drug-likeness (QED) is 0.455. The number of rotatable bonds is 8. The number of benzene rings is 1. The molecule has 2 fully saturated rings. The van der Waals surface area contributed by atoms with Gasteiger partial charge in [-0.2, -0.15) is 5.10 Å². The van der Waals surface area contributed by atoms with E-state index in [4.69, 9.17) is 27.9 Å². The lowest BCUT2D eigenvalue weighted by molar-refractivity contribution is 0.0654. The van der Waals surface area contributed by atoms with Crippen LogP contribution in [0.4, 0.5) is 5.69 Å². The van der Waals surface area contributed by atoms with E-state index in [-0.39, 0.29) is 38.8 Å². The van der Waals surface area contributed by atoms with E-state index in [1.807, 2.05) is 0 Å². The van der Waals surface area contributed by atoms with E-state index in [1.54, 1.807) is 18.2 Å². The second-order valence-electron chi connectivity index (χ2n) is 9.02. The van der Waals surface area contributed by atoms with E-state index in [0.717, 1.165) is 12.8 Å². The Morgan fingerprint density at radius 1 is 1.08 bits per heavy atom. The van der Waals surface area contributed by atoms with Gasteiger partial charge in [-0.1, -0.05) is 29.3 Å². The van der Waals surface area contributed by atoms with Crippen LogP contribution < -0.4 is 10.6 Å². The highest BCUT2D eigenvalue weighted by Crippen LogP contribution is 2.26. The van der Waals surface area contributed by atoms with Crippen molar-refractivity contribution in [3.05, 3.63) is 45.7 Å². The third kappa shape index (κ3) is 6.57. The van der Waals surface area contributed by atoms with Crippen molar-refractivity contribution >= 4 is 50.7 Å². The standard InChI is InChI=1S/C23H29Cl2N5O5S/c24-17-2-1-3-18(25)20(17)22(31)28-19-14-26-29-21(19)23(32)27-16-4-9-30(10-5-16)36(33,34)13-8-15-6-11-35-12-7-15/h1-3,14-16H,4-13H2,(H,26,29)(H,27,32)(H,28,31). The van der Waals surface area contributed by atoms with Crippen LogP contribution in [0, 0.1) is 5.92 Å². The molecular weight excluding hydrogens is 529 g/mol. The van der Waals surface area contributed by atoms with Crippen molar-refractivity contribution in [1.82, 2.24) is 19.8 Å². The number of aromatic amines is 1. The maximum Gasteiger partial charge on any atom is 0.271 e. The Balaban J connectivity index is 1.29. The molecule has 2 aliphatic rings. The zero-order chi connectivity index (χ0) is 25.7. The number of carbonyl (C=O) groups excluding carboxylic acids is 2. The summed E-state index contributed by atoms with van der Waals surface area (Å²) in [5.41, 5.74) is 0.360. The second kappa shape index (κ2) is 11.9. The molecule has 13 heteroatoms. The molecule has 4 rings (SSSR count). The average molecular weight is 558 g/mol. The van der Waals surface area contributed by atoms with Crippen LogP contribution in [0.3, 0.4) is 0 Å². The van der Waals surface area contributed by atoms with Gasteiger partial charge in [0, 0.05) is 32.3 Å². The highest BCUT2D eigenvalue weighted by molar-refractivity contribution is 7.89. The normalized spacial score (nSPS) is 18.2. The zero-order valence-electron chi connectivity index (χ0n) is 19.6. The number of nitrogens with zero attached hydrogens (tertiary/aromatic N) is 2. The molecule has 36 heavy (non-hydrogen) atoms. The van der Waals surface area contributed by atoms with Crippen molar-refractivity contribution in [2.24, 2.45) is 5.92 Å². The number of hydrogen-bond acceptors (Lipinski definition) is 6. The highest BCUT2D eigenvalue weighted by Gasteiger charge is 2.30. The Hall–Kier alpha value is -2.18. The molecule has 1 aromatic heterocycles. The molecular formula is C23H29Cl2N5O5S. The predicted molar refractivity (Wildman–Crippen MR) is 137 cm³/mol. The minimum atomic E-state index is -3.34. The molecule has 0 aliphatic carbocycles. The summed E-state index contributed by atoms with van der Waals surface area (Å²) in [6.45, 7) is 2.09. The molecule has 0 bridgehead atoms. The van der Waals surface area contributed by atoms with Gasteiger partial charge in [-0.3, -0.25) is 14.7 Å². The fourth-order valence-electron chi connectivity index (χ4n) is 4.47. The molecule has 2 amide bonds. The first-order valence-corrected chi connectivity index (χ1v) is 14.3. The predicted octanol–water partition coefficient (Wildman–Crippen LogP) is 3.31. The van der Waals surface area contributed by atoms with Gasteiger partial charge in [0.2, 0.25) is 10.0 Å². The van der Waals surface area contributed by atoms with Crippen LogP contribution in [-0.4, -0.2) is 72.8 Å². The molecule has 0 unspecified atom stereocenters. The first-order valence-electron chi connectivity index (χ1n) is 11.9. The minimum absolute atomic E-state index is 0.0815. The molecule has 0 radical (unpaired) electrons. The van der Waals surface area contributed by atoms with Crippen molar-refractivity contribution in [3.63, 3.8) is 0 Å². The summed E-state index contributed by atoms with van der Waals surface area (Å²) in [7, 11) is -3.34. The number of anilines is 1. The van der Waals surface area contributed by atoms with Crippen molar-refractivity contribution in [2.45, 2.75) is 38.1 Å². The van der Waals surface area contributed by atoms with Gasteiger partial charge in [-0.25, -0.2) is 12.7 Å².